The highest BCUT2D eigenvalue weighted by atomic mass is 16.5. The van der Waals surface area contributed by atoms with Crippen LogP contribution in [-0.4, -0.2) is 35.0 Å². The molecular formula is C22H25NO4. The molecule has 5 nitrogen and oxygen atoms in total. The maximum atomic E-state index is 12.3. The van der Waals surface area contributed by atoms with Crippen molar-refractivity contribution in [1.29, 1.82) is 0 Å². The molecule has 0 aliphatic carbocycles. The number of hydrogen-bond donors (Lipinski definition) is 1. The van der Waals surface area contributed by atoms with Gasteiger partial charge in [0.15, 0.2) is 0 Å². The number of carbonyl (C=O) groups excluding carboxylic acids is 1. The predicted octanol–water partition coefficient (Wildman–Crippen LogP) is 3.99. The fraction of sp³-hybridized carbons (Fsp3) is 0.273. The number of carboxylic acid groups (broad SMARTS) is 1. The maximum absolute atomic E-state index is 12.3. The van der Waals surface area contributed by atoms with Gasteiger partial charge in [0, 0.05) is 19.2 Å². The summed E-state index contributed by atoms with van der Waals surface area (Å²) in [6.07, 6.45) is 3.93. The van der Waals surface area contributed by atoms with E-state index in [1.807, 2.05) is 61.5 Å². The molecule has 5 heteroatoms. The zero-order valence-electron chi connectivity index (χ0n) is 15.5. The first-order chi connectivity index (χ1) is 13.1. The molecule has 142 valence electrons. The van der Waals surface area contributed by atoms with Gasteiger partial charge in [0.25, 0.3) is 0 Å². The first-order valence-corrected chi connectivity index (χ1v) is 9.04. The summed E-state index contributed by atoms with van der Waals surface area (Å²) in [7, 11) is 0. The van der Waals surface area contributed by atoms with Gasteiger partial charge in [-0.15, -0.1) is 0 Å². The van der Waals surface area contributed by atoms with Crippen molar-refractivity contribution in [2.75, 3.05) is 13.1 Å². The number of benzene rings is 2. The van der Waals surface area contributed by atoms with Crippen molar-refractivity contribution in [2.45, 2.75) is 26.4 Å². The van der Waals surface area contributed by atoms with Gasteiger partial charge in [-0.25, -0.2) is 0 Å². The van der Waals surface area contributed by atoms with Gasteiger partial charge in [0.2, 0.25) is 5.91 Å². The highest BCUT2D eigenvalue weighted by Gasteiger charge is 2.11. The van der Waals surface area contributed by atoms with Gasteiger partial charge in [-0.3, -0.25) is 9.59 Å². The lowest BCUT2D eigenvalue weighted by Crippen LogP contribution is -2.32. The highest BCUT2D eigenvalue weighted by Crippen LogP contribution is 2.16. The van der Waals surface area contributed by atoms with Crippen molar-refractivity contribution in [2.24, 2.45) is 0 Å². The number of ether oxygens (including phenoxy) is 1. The molecule has 0 bridgehead atoms. The monoisotopic (exact) mass is 367 g/mol. The molecule has 0 saturated heterocycles. The van der Waals surface area contributed by atoms with Crippen LogP contribution in [0.5, 0.6) is 5.75 Å². The van der Waals surface area contributed by atoms with Gasteiger partial charge >= 0.3 is 5.97 Å². The lowest BCUT2D eigenvalue weighted by atomic mass is 10.2. The van der Waals surface area contributed by atoms with E-state index in [1.165, 1.54) is 6.08 Å². The second-order valence-corrected chi connectivity index (χ2v) is 6.15. The average Bonchev–Trinajstić information content (AvgIpc) is 2.68. The molecule has 0 atom stereocenters. The quantitative estimate of drug-likeness (QED) is 0.645. The largest absolute Gasteiger partial charge is 0.489 e. The Morgan fingerprint density at radius 1 is 1.07 bits per heavy atom. The third-order valence-corrected chi connectivity index (χ3v) is 3.93. The molecule has 1 amide bonds. The molecule has 2 rings (SSSR count). The SMILES string of the molecule is CCCN(CCC(=O)O)C(=O)/C=C/c1cccc(OCc2ccccc2)c1. The highest BCUT2D eigenvalue weighted by molar-refractivity contribution is 5.92. The van der Waals surface area contributed by atoms with E-state index in [9.17, 15) is 9.59 Å². The summed E-state index contributed by atoms with van der Waals surface area (Å²) in [5.41, 5.74) is 1.94. The minimum Gasteiger partial charge on any atom is -0.489 e. The van der Waals surface area contributed by atoms with Crippen LogP contribution in [0.15, 0.2) is 60.7 Å². The van der Waals surface area contributed by atoms with Crippen molar-refractivity contribution in [3.05, 3.63) is 71.8 Å². The molecule has 0 aromatic heterocycles. The molecule has 27 heavy (non-hydrogen) atoms. The Hall–Kier alpha value is -3.08. The number of hydrogen-bond acceptors (Lipinski definition) is 3. The van der Waals surface area contributed by atoms with Gasteiger partial charge < -0.3 is 14.7 Å². The number of carboxylic acids is 1. The molecule has 0 fully saturated rings. The van der Waals surface area contributed by atoms with E-state index < -0.39 is 5.97 Å². The van der Waals surface area contributed by atoms with Crippen LogP contribution >= 0.6 is 0 Å². The Kier molecular flexibility index (Phi) is 8.10. The minimum absolute atomic E-state index is 0.0532. The summed E-state index contributed by atoms with van der Waals surface area (Å²) in [5.74, 6) is -0.366. The number of carbonyl (C=O) groups is 2. The molecule has 2 aromatic rings. The van der Waals surface area contributed by atoms with Crippen molar-refractivity contribution >= 4 is 18.0 Å². The Morgan fingerprint density at radius 3 is 2.56 bits per heavy atom. The smallest absolute Gasteiger partial charge is 0.305 e. The first kappa shape index (κ1) is 20.2. The van der Waals surface area contributed by atoms with E-state index in [0.29, 0.717) is 13.2 Å². The van der Waals surface area contributed by atoms with Crippen LogP contribution < -0.4 is 4.74 Å². The topological polar surface area (TPSA) is 66.8 Å². The minimum atomic E-state index is -0.906. The average molecular weight is 367 g/mol. The number of aliphatic carboxylic acids is 1. The summed E-state index contributed by atoms with van der Waals surface area (Å²) in [5, 5.41) is 8.81. The summed E-state index contributed by atoms with van der Waals surface area (Å²) in [6, 6.07) is 17.4. The lowest BCUT2D eigenvalue weighted by molar-refractivity contribution is -0.138. The van der Waals surface area contributed by atoms with Crippen LogP contribution in [0.25, 0.3) is 6.08 Å². The normalized spacial score (nSPS) is 10.7. The Bertz CT molecular complexity index is 771. The standard InChI is InChI=1S/C22H25NO4/c1-2-14-23(15-13-22(25)26)21(24)12-11-18-9-6-10-20(16-18)27-17-19-7-4-3-5-8-19/h3-12,16H,2,13-15,17H2,1H3,(H,25,26)/b12-11+. The molecule has 2 aromatic carbocycles. The summed E-state index contributed by atoms with van der Waals surface area (Å²) in [6.45, 7) is 3.19. The van der Waals surface area contributed by atoms with Crippen LogP contribution in [0.2, 0.25) is 0 Å². The molecular weight excluding hydrogens is 342 g/mol. The zero-order chi connectivity index (χ0) is 19.5. The molecule has 0 saturated carbocycles. The van der Waals surface area contributed by atoms with Crippen molar-refractivity contribution in [3.63, 3.8) is 0 Å². The van der Waals surface area contributed by atoms with E-state index in [0.717, 1.165) is 23.3 Å². The van der Waals surface area contributed by atoms with E-state index >= 15 is 0 Å². The van der Waals surface area contributed by atoms with E-state index in [2.05, 4.69) is 0 Å². The third kappa shape index (κ3) is 7.36. The van der Waals surface area contributed by atoms with Gasteiger partial charge in [-0.1, -0.05) is 49.4 Å². The molecule has 0 heterocycles. The van der Waals surface area contributed by atoms with Gasteiger partial charge in [0.1, 0.15) is 12.4 Å². The molecule has 0 unspecified atom stereocenters. The van der Waals surface area contributed by atoms with Gasteiger partial charge in [-0.2, -0.15) is 0 Å². The van der Waals surface area contributed by atoms with Gasteiger partial charge in [0.05, 0.1) is 6.42 Å². The fourth-order valence-electron chi connectivity index (χ4n) is 2.55. The van der Waals surface area contributed by atoms with Crippen LogP contribution in [0, 0.1) is 0 Å². The van der Waals surface area contributed by atoms with Crippen LogP contribution in [0.4, 0.5) is 0 Å². The summed E-state index contributed by atoms with van der Waals surface area (Å²) < 4.78 is 5.80. The van der Waals surface area contributed by atoms with E-state index in [-0.39, 0.29) is 18.9 Å². The van der Waals surface area contributed by atoms with E-state index in [1.54, 1.807) is 11.0 Å². The molecule has 0 radical (unpaired) electrons. The Labute approximate surface area is 159 Å². The number of amides is 1. The second kappa shape index (κ2) is 10.8. The third-order valence-electron chi connectivity index (χ3n) is 3.93. The predicted molar refractivity (Wildman–Crippen MR) is 105 cm³/mol. The molecule has 0 aliphatic rings. The molecule has 1 N–H and O–H groups in total. The van der Waals surface area contributed by atoms with Gasteiger partial charge in [-0.05, 0) is 35.8 Å². The van der Waals surface area contributed by atoms with Crippen LogP contribution in [0.3, 0.4) is 0 Å². The van der Waals surface area contributed by atoms with E-state index in [4.69, 9.17) is 9.84 Å². The Morgan fingerprint density at radius 2 is 1.85 bits per heavy atom. The summed E-state index contributed by atoms with van der Waals surface area (Å²) in [4.78, 5) is 24.6. The first-order valence-electron chi connectivity index (χ1n) is 9.04. The van der Waals surface area contributed by atoms with Crippen molar-refractivity contribution in [1.82, 2.24) is 4.90 Å². The summed E-state index contributed by atoms with van der Waals surface area (Å²) >= 11 is 0. The van der Waals surface area contributed by atoms with Crippen LogP contribution in [-0.2, 0) is 16.2 Å². The van der Waals surface area contributed by atoms with Crippen molar-refractivity contribution in [3.8, 4) is 5.75 Å². The maximum Gasteiger partial charge on any atom is 0.305 e. The van der Waals surface area contributed by atoms with Crippen molar-refractivity contribution < 1.29 is 19.4 Å². The fourth-order valence-corrected chi connectivity index (χ4v) is 2.55. The molecule has 0 spiro atoms. The van der Waals surface area contributed by atoms with Crippen LogP contribution in [0.1, 0.15) is 30.9 Å². The Balaban J connectivity index is 1.96. The molecule has 0 aliphatic heterocycles. The second-order valence-electron chi connectivity index (χ2n) is 6.15. The number of nitrogens with zero attached hydrogens (tertiary/aromatic N) is 1. The lowest BCUT2D eigenvalue weighted by Gasteiger charge is -2.19. The zero-order valence-corrected chi connectivity index (χ0v) is 15.5. The number of rotatable bonds is 10.